The third kappa shape index (κ3) is 3.45. The molecule has 1 aromatic carbocycles. The summed E-state index contributed by atoms with van der Waals surface area (Å²) in [6, 6.07) is 7.63. The van der Waals surface area contributed by atoms with Crippen LogP contribution >= 0.6 is 7.60 Å². The van der Waals surface area contributed by atoms with Gasteiger partial charge in [0.15, 0.2) is 0 Å². The van der Waals surface area contributed by atoms with Crippen molar-refractivity contribution in [3.05, 3.63) is 35.9 Å². The van der Waals surface area contributed by atoms with Crippen molar-refractivity contribution < 1.29 is 24.3 Å². The molecule has 0 amide bonds. The first kappa shape index (κ1) is 15.2. The lowest BCUT2D eigenvalue weighted by atomic mass is 10.1. The van der Waals surface area contributed by atoms with Gasteiger partial charge >= 0.3 is 13.6 Å². The number of piperazine rings is 1. The Morgan fingerprint density at radius 2 is 2.00 bits per heavy atom. The van der Waals surface area contributed by atoms with E-state index in [1.807, 2.05) is 0 Å². The van der Waals surface area contributed by atoms with Gasteiger partial charge in [-0.05, 0) is 5.56 Å². The van der Waals surface area contributed by atoms with Crippen LogP contribution < -0.4 is 5.32 Å². The Morgan fingerprint density at radius 1 is 1.35 bits per heavy atom. The first-order chi connectivity index (χ1) is 9.39. The SMILES string of the molecule is O=C(O)C1CN([C@H](c2ccccc2)P(=O)(O)O)CCN1. The molecule has 1 aromatic rings. The van der Waals surface area contributed by atoms with Crippen molar-refractivity contribution in [1.29, 1.82) is 0 Å². The fourth-order valence-corrected chi connectivity index (χ4v) is 3.60. The van der Waals surface area contributed by atoms with Gasteiger partial charge in [-0.2, -0.15) is 0 Å². The van der Waals surface area contributed by atoms with Gasteiger partial charge in [-0.25, -0.2) is 0 Å². The summed E-state index contributed by atoms with van der Waals surface area (Å²) in [7, 11) is -4.42. The molecule has 0 bridgehead atoms. The van der Waals surface area contributed by atoms with Crippen molar-refractivity contribution in [3.63, 3.8) is 0 Å². The molecule has 1 saturated heterocycles. The van der Waals surface area contributed by atoms with Gasteiger partial charge in [0.05, 0.1) is 0 Å². The lowest BCUT2D eigenvalue weighted by Gasteiger charge is -2.37. The molecule has 110 valence electrons. The molecular formula is C12H17N2O5P. The van der Waals surface area contributed by atoms with Crippen molar-refractivity contribution in [2.75, 3.05) is 19.6 Å². The van der Waals surface area contributed by atoms with E-state index < -0.39 is 25.4 Å². The lowest BCUT2D eigenvalue weighted by molar-refractivity contribution is -0.140. The standard InChI is InChI=1S/C12H17N2O5P/c15-12(16)10-8-14(7-6-13-10)11(20(17,18)19)9-4-2-1-3-5-9/h1-5,10-11,13H,6-8H2,(H,15,16)(H2,17,18,19)/t10?,11-/m0/s1. The van der Waals surface area contributed by atoms with Crippen molar-refractivity contribution in [2.45, 2.75) is 11.8 Å². The van der Waals surface area contributed by atoms with E-state index in [2.05, 4.69) is 5.32 Å². The normalized spacial score (nSPS) is 22.4. The van der Waals surface area contributed by atoms with Crippen LogP contribution in [0.3, 0.4) is 0 Å². The summed E-state index contributed by atoms with van der Waals surface area (Å²) in [6.45, 7) is 0.814. The monoisotopic (exact) mass is 300 g/mol. The van der Waals surface area contributed by atoms with E-state index in [1.165, 1.54) is 4.90 Å². The number of nitrogens with one attached hydrogen (secondary N) is 1. The minimum Gasteiger partial charge on any atom is -0.480 e. The van der Waals surface area contributed by atoms with Crippen LogP contribution in [0, 0.1) is 0 Å². The molecule has 1 heterocycles. The molecule has 1 fully saturated rings. The summed E-state index contributed by atoms with van der Waals surface area (Å²) < 4.78 is 11.8. The second-order valence-corrected chi connectivity index (χ2v) is 6.38. The highest BCUT2D eigenvalue weighted by atomic mass is 31.2. The Labute approximate surface area is 116 Å². The van der Waals surface area contributed by atoms with Crippen LogP contribution in [0.2, 0.25) is 0 Å². The molecule has 8 heteroatoms. The van der Waals surface area contributed by atoms with E-state index in [1.54, 1.807) is 30.3 Å². The molecule has 2 rings (SSSR count). The third-order valence-electron chi connectivity index (χ3n) is 3.27. The molecule has 7 nitrogen and oxygen atoms in total. The molecule has 0 aromatic heterocycles. The Morgan fingerprint density at radius 3 is 2.55 bits per heavy atom. The zero-order valence-corrected chi connectivity index (χ0v) is 11.6. The topological polar surface area (TPSA) is 110 Å². The molecule has 1 aliphatic heterocycles. The van der Waals surface area contributed by atoms with Crippen LogP contribution in [-0.2, 0) is 9.36 Å². The molecular weight excluding hydrogens is 283 g/mol. The highest BCUT2D eigenvalue weighted by Gasteiger charge is 2.39. The Kier molecular flexibility index (Phi) is 4.57. The second-order valence-electron chi connectivity index (χ2n) is 4.71. The molecule has 0 radical (unpaired) electrons. The fraction of sp³-hybridized carbons (Fsp3) is 0.417. The van der Waals surface area contributed by atoms with Gasteiger partial charge < -0.3 is 20.2 Å². The Hall–Kier alpha value is -1.24. The van der Waals surface area contributed by atoms with Gasteiger partial charge in [-0.1, -0.05) is 30.3 Å². The highest BCUT2D eigenvalue weighted by molar-refractivity contribution is 7.52. The van der Waals surface area contributed by atoms with Crippen molar-refractivity contribution >= 4 is 13.6 Å². The Balaban J connectivity index is 2.28. The molecule has 1 aliphatic rings. The number of carboxylic acid groups (broad SMARTS) is 1. The van der Waals surface area contributed by atoms with Gasteiger partial charge in [0.25, 0.3) is 0 Å². The molecule has 0 saturated carbocycles. The Bertz CT molecular complexity index is 518. The van der Waals surface area contributed by atoms with Crippen LogP contribution in [0.25, 0.3) is 0 Å². The zero-order valence-electron chi connectivity index (χ0n) is 10.7. The minimum atomic E-state index is -4.42. The van der Waals surface area contributed by atoms with E-state index >= 15 is 0 Å². The van der Waals surface area contributed by atoms with E-state index in [0.717, 1.165) is 0 Å². The van der Waals surface area contributed by atoms with E-state index in [0.29, 0.717) is 18.7 Å². The maximum Gasteiger partial charge on any atom is 0.347 e. The molecule has 20 heavy (non-hydrogen) atoms. The number of hydrogen-bond acceptors (Lipinski definition) is 4. The molecule has 0 spiro atoms. The van der Waals surface area contributed by atoms with Crippen LogP contribution in [0.5, 0.6) is 0 Å². The van der Waals surface area contributed by atoms with Gasteiger partial charge in [0, 0.05) is 19.6 Å². The average molecular weight is 300 g/mol. The van der Waals surface area contributed by atoms with Gasteiger partial charge in [0.1, 0.15) is 11.8 Å². The number of aliphatic carboxylic acids is 1. The van der Waals surface area contributed by atoms with Crippen molar-refractivity contribution in [2.24, 2.45) is 0 Å². The summed E-state index contributed by atoms with van der Waals surface area (Å²) in [6.07, 6.45) is 0. The van der Waals surface area contributed by atoms with Crippen LogP contribution in [-0.4, -0.2) is 51.4 Å². The lowest BCUT2D eigenvalue weighted by Crippen LogP contribution is -2.54. The summed E-state index contributed by atoms with van der Waals surface area (Å²) >= 11 is 0. The molecule has 0 aliphatic carbocycles. The molecule has 1 unspecified atom stereocenters. The highest BCUT2D eigenvalue weighted by Crippen LogP contribution is 2.53. The van der Waals surface area contributed by atoms with Gasteiger partial charge in [0.2, 0.25) is 0 Å². The second kappa shape index (κ2) is 6.03. The maximum atomic E-state index is 11.8. The minimum absolute atomic E-state index is 0.0556. The number of carboxylic acids is 1. The predicted octanol–water partition coefficient (Wildman–Crippen LogP) is 0.221. The van der Waals surface area contributed by atoms with Crippen molar-refractivity contribution in [3.8, 4) is 0 Å². The summed E-state index contributed by atoms with van der Waals surface area (Å²) in [5, 5.41) is 11.8. The molecule has 4 N–H and O–H groups in total. The number of hydrogen-bond donors (Lipinski definition) is 4. The quantitative estimate of drug-likeness (QED) is 0.589. The van der Waals surface area contributed by atoms with E-state index in [9.17, 15) is 19.1 Å². The van der Waals surface area contributed by atoms with Crippen LogP contribution in [0.15, 0.2) is 30.3 Å². The first-order valence-corrected chi connectivity index (χ1v) is 7.88. The fourth-order valence-electron chi connectivity index (χ4n) is 2.40. The predicted molar refractivity (Wildman–Crippen MR) is 72.2 cm³/mol. The third-order valence-corrected chi connectivity index (χ3v) is 4.53. The first-order valence-electron chi connectivity index (χ1n) is 6.20. The summed E-state index contributed by atoms with van der Waals surface area (Å²) in [5.41, 5.74) is 0.492. The van der Waals surface area contributed by atoms with E-state index in [4.69, 9.17) is 5.11 Å². The average Bonchev–Trinajstić information content (AvgIpc) is 2.39. The van der Waals surface area contributed by atoms with E-state index in [-0.39, 0.29) is 6.54 Å². The largest absolute Gasteiger partial charge is 0.480 e. The number of nitrogens with zero attached hydrogens (tertiary/aromatic N) is 1. The van der Waals surface area contributed by atoms with Gasteiger partial charge in [-0.3, -0.25) is 14.3 Å². The zero-order chi connectivity index (χ0) is 14.8. The number of rotatable bonds is 4. The van der Waals surface area contributed by atoms with Gasteiger partial charge in [-0.15, -0.1) is 0 Å². The van der Waals surface area contributed by atoms with Crippen LogP contribution in [0.4, 0.5) is 0 Å². The van der Waals surface area contributed by atoms with Crippen molar-refractivity contribution in [1.82, 2.24) is 10.2 Å². The number of carbonyl (C=O) groups is 1. The maximum absolute atomic E-state index is 11.8. The molecule has 2 atom stereocenters. The van der Waals surface area contributed by atoms with Crippen LogP contribution in [0.1, 0.15) is 11.3 Å². The number of benzene rings is 1. The summed E-state index contributed by atoms with van der Waals surface area (Å²) in [5.74, 6) is -2.13. The summed E-state index contributed by atoms with van der Waals surface area (Å²) in [4.78, 5) is 31.8. The smallest absolute Gasteiger partial charge is 0.347 e.